The lowest BCUT2D eigenvalue weighted by Crippen LogP contribution is -2.07. The lowest BCUT2D eigenvalue weighted by Gasteiger charge is -2.12. The third kappa shape index (κ3) is 6.30. The molecule has 4 nitrogen and oxygen atoms in total. The zero-order valence-electron chi connectivity index (χ0n) is 20.9. The molecule has 0 spiro atoms. The number of nitrogens with zero attached hydrogens (tertiary/aromatic N) is 2. The SMILES string of the molecule is CCOc1ccc(-c2cc(/C=C/c3ccc(N(C)C)cc3)nc(-c3ccc(OCC)cc3)c2)cc1. The molecule has 4 heteroatoms. The van der Waals surface area contributed by atoms with Gasteiger partial charge >= 0.3 is 0 Å². The fourth-order valence-electron chi connectivity index (χ4n) is 3.82. The first-order valence-corrected chi connectivity index (χ1v) is 12.0. The van der Waals surface area contributed by atoms with Crippen molar-refractivity contribution in [3.63, 3.8) is 0 Å². The van der Waals surface area contributed by atoms with E-state index in [1.165, 1.54) is 5.69 Å². The van der Waals surface area contributed by atoms with E-state index in [4.69, 9.17) is 14.5 Å². The number of ether oxygens (including phenoxy) is 2. The van der Waals surface area contributed by atoms with E-state index in [1.807, 2.05) is 52.2 Å². The Bertz CT molecular complexity index is 1190. The van der Waals surface area contributed by atoms with Gasteiger partial charge in [-0.1, -0.05) is 30.3 Å². The monoisotopic (exact) mass is 464 g/mol. The fourth-order valence-corrected chi connectivity index (χ4v) is 3.82. The normalized spacial score (nSPS) is 11.0. The molecule has 178 valence electrons. The van der Waals surface area contributed by atoms with E-state index in [0.29, 0.717) is 13.2 Å². The first-order valence-electron chi connectivity index (χ1n) is 12.0. The van der Waals surface area contributed by atoms with Crippen molar-refractivity contribution in [3.8, 4) is 33.9 Å². The van der Waals surface area contributed by atoms with E-state index in [1.54, 1.807) is 0 Å². The molecule has 0 saturated carbocycles. The lowest BCUT2D eigenvalue weighted by molar-refractivity contribution is 0.340. The van der Waals surface area contributed by atoms with Gasteiger partial charge in [0.15, 0.2) is 0 Å². The molecule has 0 N–H and O–H groups in total. The first kappa shape index (κ1) is 24.1. The number of benzene rings is 3. The van der Waals surface area contributed by atoms with Gasteiger partial charge in [0.25, 0.3) is 0 Å². The molecule has 35 heavy (non-hydrogen) atoms. The number of hydrogen-bond acceptors (Lipinski definition) is 4. The molecule has 4 aromatic rings. The highest BCUT2D eigenvalue weighted by Gasteiger charge is 2.07. The maximum Gasteiger partial charge on any atom is 0.119 e. The quantitative estimate of drug-likeness (QED) is 0.258. The van der Waals surface area contributed by atoms with Crippen molar-refractivity contribution in [1.82, 2.24) is 4.98 Å². The van der Waals surface area contributed by atoms with Crippen LogP contribution in [0.3, 0.4) is 0 Å². The molecule has 0 aliphatic rings. The second-order valence-electron chi connectivity index (χ2n) is 8.40. The highest BCUT2D eigenvalue weighted by molar-refractivity contribution is 5.77. The Labute approximate surface area is 208 Å². The van der Waals surface area contributed by atoms with E-state index < -0.39 is 0 Å². The Morgan fingerprint density at radius 1 is 0.657 bits per heavy atom. The highest BCUT2D eigenvalue weighted by Crippen LogP contribution is 2.29. The summed E-state index contributed by atoms with van der Waals surface area (Å²) in [5.41, 5.74) is 7.40. The van der Waals surface area contributed by atoms with Gasteiger partial charge in [-0.2, -0.15) is 0 Å². The van der Waals surface area contributed by atoms with Crippen molar-refractivity contribution in [1.29, 1.82) is 0 Å². The van der Waals surface area contributed by atoms with Crippen molar-refractivity contribution >= 4 is 17.8 Å². The minimum Gasteiger partial charge on any atom is -0.494 e. The second-order valence-corrected chi connectivity index (χ2v) is 8.40. The molecule has 0 aliphatic carbocycles. The second kappa shape index (κ2) is 11.4. The number of anilines is 1. The Morgan fingerprint density at radius 3 is 1.77 bits per heavy atom. The van der Waals surface area contributed by atoms with Crippen LogP contribution in [0.25, 0.3) is 34.5 Å². The molecule has 0 aliphatic heterocycles. The average molecular weight is 465 g/mol. The van der Waals surface area contributed by atoms with E-state index in [9.17, 15) is 0 Å². The van der Waals surface area contributed by atoms with E-state index in [0.717, 1.165) is 45.1 Å². The molecular weight excluding hydrogens is 432 g/mol. The Hall–Kier alpha value is -4.05. The minimum atomic E-state index is 0.648. The average Bonchev–Trinajstić information content (AvgIpc) is 2.89. The molecular formula is C31H32N2O2. The van der Waals surface area contributed by atoms with Gasteiger partial charge in [-0.15, -0.1) is 0 Å². The van der Waals surface area contributed by atoms with Crippen LogP contribution < -0.4 is 14.4 Å². The summed E-state index contributed by atoms with van der Waals surface area (Å²) >= 11 is 0. The standard InChI is InChI=1S/C31H32N2O2/c1-5-34-29-17-10-24(11-18-29)26-21-27(14-7-23-8-15-28(16-9-23)33(3)4)32-31(22-26)25-12-19-30(20-13-25)35-6-2/h7-22H,5-6H2,1-4H3/b14-7+. The van der Waals surface area contributed by atoms with Crippen molar-refractivity contribution in [2.24, 2.45) is 0 Å². The smallest absolute Gasteiger partial charge is 0.119 e. The summed E-state index contributed by atoms with van der Waals surface area (Å²) in [5, 5.41) is 0. The van der Waals surface area contributed by atoms with Crippen molar-refractivity contribution in [2.75, 3.05) is 32.2 Å². The van der Waals surface area contributed by atoms with Gasteiger partial charge in [-0.3, -0.25) is 0 Å². The van der Waals surface area contributed by atoms with Gasteiger partial charge in [0.05, 0.1) is 24.6 Å². The van der Waals surface area contributed by atoms with Gasteiger partial charge < -0.3 is 14.4 Å². The van der Waals surface area contributed by atoms with Crippen LogP contribution in [-0.2, 0) is 0 Å². The predicted octanol–water partition coefficient (Wildman–Crippen LogP) is 7.45. The largest absolute Gasteiger partial charge is 0.494 e. The third-order valence-corrected chi connectivity index (χ3v) is 5.66. The molecule has 0 amide bonds. The van der Waals surface area contributed by atoms with Gasteiger partial charge in [0.1, 0.15) is 11.5 Å². The zero-order chi connectivity index (χ0) is 24.6. The molecule has 0 unspecified atom stereocenters. The summed E-state index contributed by atoms with van der Waals surface area (Å²) in [7, 11) is 4.09. The first-order chi connectivity index (χ1) is 17.1. The van der Waals surface area contributed by atoms with Crippen molar-refractivity contribution < 1.29 is 9.47 Å². The van der Waals surface area contributed by atoms with Gasteiger partial charge in [0.2, 0.25) is 0 Å². The fraction of sp³-hybridized carbons (Fsp3) is 0.194. The van der Waals surface area contributed by atoms with Crippen LogP contribution in [0.15, 0.2) is 84.9 Å². The summed E-state index contributed by atoms with van der Waals surface area (Å²) in [5.74, 6) is 1.73. The van der Waals surface area contributed by atoms with Gasteiger partial charge in [0, 0.05) is 25.3 Å². The molecule has 0 bridgehead atoms. The van der Waals surface area contributed by atoms with Gasteiger partial charge in [-0.25, -0.2) is 4.98 Å². The molecule has 0 radical (unpaired) electrons. The van der Waals surface area contributed by atoms with Crippen LogP contribution >= 0.6 is 0 Å². The van der Waals surface area contributed by atoms with Crippen LogP contribution in [0.2, 0.25) is 0 Å². The highest BCUT2D eigenvalue weighted by atomic mass is 16.5. The summed E-state index contributed by atoms with van der Waals surface area (Å²) in [6, 6.07) is 29.0. The van der Waals surface area contributed by atoms with E-state index in [-0.39, 0.29) is 0 Å². The van der Waals surface area contributed by atoms with E-state index in [2.05, 4.69) is 77.7 Å². The predicted molar refractivity (Wildman–Crippen MR) is 147 cm³/mol. The minimum absolute atomic E-state index is 0.648. The molecule has 1 heterocycles. The molecule has 1 aromatic heterocycles. The number of rotatable bonds is 9. The summed E-state index contributed by atoms with van der Waals surface area (Å²) in [4.78, 5) is 7.05. The molecule has 4 rings (SSSR count). The molecule has 3 aromatic carbocycles. The Kier molecular flexibility index (Phi) is 7.84. The van der Waals surface area contributed by atoms with Crippen LogP contribution in [0.4, 0.5) is 5.69 Å². The summed E-state index contributed by atoms with van der Waals surface area (Å²) in [6.07, 6.45) is 4.17. The van der Waals surface area contributed by atoms with Crippen molar-refractivity contribution in [3.05, 3.63) is 96.2 Å². The summed E-state index contributed by atoms with van der Waals surface area (Å²) in [6.45, 7) is 5.28. The van der Waals surface area contributed by atoms with E-state index >= 15 is 0 Å². The Balaban J connectivity index is 1.70. The maximum atomic E-state index is 5.62. The van der Waals surface area contributed by atoms with Crippen LogP contribution in [0, 0.1) is 0 Å². The van der Waals surface area contributed by atoms with Crippen LogP contribution in [-0.4, -0.2) is 32.3 Å². The zero-order valence-corrected chi connectivity index (χ0v) is 20.9. The topological polar surface area (TPSA) is 34.6 Å². The van der Waals surface area contributed by atoms with Crippen molar-refractivity contribution in [2.45, 2.75) is 13.8 Å². The maximum absolute atomic E-state index is 5.62. The number of aromatic nitrogens is 1. The lowest BCUT2D eigenvalue weighted by atomic mass is 10.0. The van der Waals surface area contributed by atoms with Gasteiger partial charge in [-0.05, 0) is 97.3 Å². The van der Waals surface area contributed by atoms with Crippen LogP contribution in [0.1, 0.15) is 25.1 Å². The third-order valence-electron chi connectivity index (χ3n) is 5.66. The van der Waals surface area contributed by atoms with Crippen LogP contribution in [0.5, 0.6) is 11.5 Å². The molecule has 0 fully saturated rings. The summed E-state index contributed by atoms with van der Waals surface area (Å²) < 4.78 is 11.2. The number of pyridine rings is 1. The Morgan fingerprint density at radius 2 is 1.23 bits per heavy atom. The molecule has 0 atom stereocenters. The molecule has 0 saturated heterocycles. The number of hydrogen-bond donors (Lipinski definition) is 0.